The van der Waals surface area contributed by atoms with E-state index in [-0.39, 0.29) is 5.41 Å². The fraction of sp³-hybridized carbons (Fsp3) is 0.586. The van der Waals surface area contributed by atoms with Crippen LogP contribution in [0.1, 0.15) is 101 Å². The zero-order valence-corrected chi connectivity index (χ0v) is 19.6. The van der Waals surface area contributed by atoms with Crippen LogP contribution < -0.4 is 0 Å². The average Bonchev–Trinajstić information content (AvgIpc) is 3.55. The molecule has 0 radical (unpaired) electrons. The second-order valence-electron chi connectivity index (χ2n) is 9.86. The summed E-state index contributed by atoms with van der Waals surface area (Å²) in [6.45, 7) is 4.55. The highest BCUT2D eigenvalue weighted by Crippen LogP contribution is 2.50. The van der Waals surface area contributed by atoms with Gasteiger partial charge in [0.1, 0.15) is 5.41 Å². The summed E-state index contributed by atoms with van der Waals surface area (Å²) in [5, 5.41) is 10.4. The van der Waals surface area contributed by atoms with Crippen LogP contribution in [0.15, 0.2) is 30.3 Å². The summed E-state index contributed by atoms with van der Waals surface area (Å²) in [7, 11) is 0. The molecular formula is C29H38N2. The Hall–Kier alpha value is -2.14. The molecule has 2 aromatic rings. The summed E-state index contributed by atoms with van der Waals surface area (Å²) in [4.78, 5) is 5.37. The Morgan fingerprint density at radius 3 is 2.35 bits per heavy atom. The van der Waals surface area contributed by atoms with Crippen LogP contribution in [-0.2, 0) is 24.7 Å². The zero-order valence-electron chi connectivity index (χ0n) is 19.6. The van der Waals surface area contributed by atoms with Gasteiger partial charge in [-0.1, -0.05) is 82.7 Å². The molecule has 1 heterocycles. The molecule has 1 atom stereocenters. The fourth-order valence-electron chi connectivity index (χ4n) is 5.50. The van der Waals surface area contributed by atoms with Gasteiger partial charge in [-0.3, -0.25) is 4.98 Å². The Labute approximate surface area is 189 Å². The Morgan fingerprint density at radius 2 is 1.71 bits per heavy atom. The summed E-state index contributed by atoms with van der Waals surface area (Å²) in [6.07, 6.45) is 15.1. The summed E-state index contributed by atoms with van der Waals surface area (Å²) < 4.78 is 0. The topological polar surface area (TPSA) is 36.7 Å². The Bertz CT molecular complexity index is 920. The fourth-order valence-corrected chi connectivity index (χ4v) is 5.50. The first-order valence-electron chi connectivity index (χ1n) is 12.7. The van der Waals surface area contributed by atoms with E-state index in [4.69, 9.17) is 4.98 Å². The van der Waals surface area contributed by atoms with Crippen molar-refractivity contribution >= 4 is 0 Å². The van der Waals surface area contributed by atoms with E-state index in [0.29, 0.717) is 0 Å². The van der Waals surface area contributed by atoms with Gasteiger partial charge in [0.15, 0.2) is 0 Å². The van der Waals surface area contributed by atoms with Crippen molar-refractivity contribution in [2.45, 2.75) is 103 Å². The minimum Gasteiger partial charge on any atom is -0.256 e. The number of hydrogen-bond acceptors (Lipinski definition) is 2. The molecule has 2 nitrogen and oxygen atoms in total. The van der Waals surface area contributed by atoms with E-state index >= 15 is 0 Å². The Balaban J connectivity index is 1.86. The van der Waals surface area contributed by atoms with Crippen LogP contribution in [0.25, 0.3) is 11.1 Å². The number of aromatic nitrogens is 1. The van der Waals surface area contributed by atoms with Crippen LogP contribution in [-0.4, -0.2) is 4.98 Å². The second kappa shape index (κ2) is 9.99. The minimum atomic E-state index is -0.360. The highest BCUT2D eigenvalue weighted by Gasteiger charge is 2.46. The normalized spacial score (nSPS) is 19.9. The molecule has 1 saturated carbocycles. The smallest absolute Gasteiger partial charge is 0.100 e. The molecular weight excluding hydrogens is 376 g/mol. The number of unbranched alkanes of at least 4 members (excludes halogenated alkanes) is 4. The van der Waals surface area contributed by atoms with E-state index in [9.17, 15) is 5.26 Å². The molecule has 0 unspecified atom stereocenters. The number of rotatable bonds is 11. The summed E-state index contributed by atoms with van der Waals surface area (Å²) in [6, 6.07) is 13.7. The molecule has 4 rings (SSSR count). The van der Waals surface area contributed by atoms with Crippen LogP contribution >= 0.6 is 0 Å². The first kappa shape index (κ1) is 22.1. The summed E-state index contributed by atoms with van der Waals surface area (Å²) >= 11 is 0. The number of aryl methyl sites for hydroxylation is 1. The molecule has 0 N–H and O–H groups in total. The highest BCUT2D eigenvalue weighted by molar-refractivity contribution is 5.74. The van der Waals surface area contributed by atoms with Gasteiger partial charge in [-0.05, 0) is 73.1 Å². The molecule has 0 spiro atoms. The van der Waals surface area contributed by atoms with E-state index < -0.39 is 0 Å². The molecule has 2 aliphatic rings. The number of fused-ring (bicyclic) bond motifs is 1. The van der Waals surface area contributed by atoms with Gasteiger partial charge in [0.25, 0.3) is 0 Å². The van der Waals surface area contributed by atoms with Gasteiger partial charge in [0, 0.05) is 5.69 Å². The first-order valence-corrected chi connectivity index (χ1v) is 12.7. The molecule has 0 saturated heterocycles. The van der Waals surface area contributed by atoms with Gasteiger partial charge in [0.2, 0.25) is 0 Å². The standard InChI is InChI=1S/C29H38N2/c1-3-5-8-14-24-26(15-9-6-4-2)31-28-25(27(24)23-12-10-7-11-13-23)18-19-29(28,21-30)20-22-16-17-22/h7,10-13,22H,3-6,8-9,14-20H2,1-2H3/t29-/m0/s1. The van der Waals surface area contributed by atoms with Crippen LogP contribution in [0.4, 0.5) is 0 Å². The van der Waals surface area contributed by atoms with Crippen molar-refractivity contribution in [2.75, 3.05) is 0 Å². The molecule has 31 heavy (non-hydrogen) atoms. The predicted octanol–water partition coefficient (Wildman–Crippen LogP) is 7.72. The van der Waals surface area contributed by atoms with Crippen LogP contribution in [0.5, 0.6) is 0 Å². The number of benzene rings is 1. The van der Waals surface area contributed by atoms with Gasteiger partial charge in [0.05, 0.1) is 11.8 Å². The lowest BCUT2D eigenvalue weighted by Gasteiger charge is -2.25. The molecule has 2 heteroatoms. The number of pyridine rings is 1. The average molecular weight is 415 g/mol. The third-order valence-corrected chi connectivity index (χ3v) is 7.40. The van der Waals surface area contributed by atoms with Crippen LogP contribution in [0.2, 0.25) is 0 Å². The lowest BCUT2D eigenvalue weighted by Crippen LogP contribution is -2.24. The van der Waals surface area contributed by atoms with Crippen LogP contribution in [0, 0.1) is 17.2 Å². The zero-order chi connectivity index (χ0) is 21.7. The molecule has 164 valence electrons. The third-order valence-electron chi connectivity index (χ3n) is 7.40. The van der Waals surface area contributed by atoms with Gasteiger partial charge >= 0.3 is 0 Å². The molecule has 1 aromatic heterocycles. The predicted molar refractivity (Wildman–Crippen MR) is 129 cm³/mol. The molecule has 1 fully saturated rings. The van der Waals surface area contributed by atoms with Gasteiger partial charge in [-0.25, -0.2) is 0 Å². The van der Waals surface area contributed by atoms with Crippen LogP contribution in [0.3, 0.4) is 0 Å². The van der Waals surface area contributed by atoms with E-state index in [1.165, 1.54) is 79.3 Å². The number of nitrogens with zero attached hydrogens (tertiary/aromatic N) is 2. The third kappa shape index (κ3) is 4.72. The lowest BCUT2D eigenvalue weighted by atomic mass is 9.80. The second-order valence-corrected chi connectivity index (χ2v) is 9.86. The van der Waals surface area contributed by atoms with Crippen molar-refractivity contribution in [1.29, 1.82) is 5.26 Å². The summed E-state index contributed by atoms with van der Waals surface area (Å²) in [5.41, 5.74) is 7.70. The van der Waals surface area contributed by atoms with Crippen molar-refractivity contribution < 1.29 is 0 Å². The van der Waals surface area contributed by atoms with Crippen molar-refractivity contribution in [3.8, 4) is 17.2 Å². The Morgan fingerprint density at radius 1 is 1.00 bits per heavy atom. The maximum Gasteiger partial charge on any atom is 0.100 e. The van der Waals surface area contributed by atoms with E-state index in [2.05, 4.69) is 50.2 Å². The molecule has 2 aliphatic carbocycles. The highest BCUT2D eigenvalue weighted by atomic mass is 14.8. The maximum absolute atomic E-state index is 10.4. The monoisotopic (exact) mass is 414 g/mol. The quantitative estimate of drug-likeness (QED) is 0.353. The Kier molecular flexibility index (Phi) is 7.11. The molecule has 1 aromatic carbocycles. The summed E-state index contributed by atoms with van der Waals surface area (Å²) in [5.74, 6) is 0.736. The van der Waals surface area contributed by atoms with Gasteiger partial charge < -0.3 is 0 Å². The SMILES string of the molecule is CCCCCc1nc2c(c(-c3ccccc3)c1CCCCC)CC[C@@]2(C#N)CC1CC1. The van der Waals surface area contributed by atoms with Crippen molar-refractivity contribution in [1.82, 2.24) is 4.98 Å². The largest absolute Gasteiger partial charge is 0.256 e. The van der Waals surface area contributed by atoms with Crippen molar-refractivity contribution in [3.05, 3.63) is 52.8 Å². The first-order chi connectivity index (χ1) is 15.2. The number of hydrogen-bond donors (Lipinski definition) is 0. The van der Waals surface area contributed by atoms with Crippen molar-refractivity contribution in [2.24, 2.45) is 5.92 Å². The van der Waals surface area contributed by atoms with E-state index in [0.717, 1.165) is 43.7 Å². The molecule has 0 bridgehead atoms. The van der Waals surface area contributed by atoms with Gasteiger partial charge in [-0.2, -0.15) is 5.26 Å². The lowest BCUT2D eigenvalue weighted by molar-refractivity contribution is 0.457. The number of nitriles is 1. The van der Waals surface area contributed by atoms with Crippen molar-refractivity contribution in [3.63, 3.8) is 0 Å². The minimum absolute atomic E-state index is 0.360. The molecule has 0 amide bonds. The van der Waals surface area contributed by atoms with Gasteiger partial charge in [-0.15, -0.1) is 0 Å². The van der Waals surface area contributed by atoms with E-state index in [1.807, 2.05) is 0 Å². The van der Waals surface area contributed by atoms with E-state index in [1.54, 1.807) is 0 Å². The maximum atomic E-state index is 10.4. The molecule has 0 aliphatic heterocycles.